The van der Waals surface area contributed by atoms with E-state index in [-0.39, 0.29) is 17.9 Å². The topological polar surface area (TPSA) is 64.0 Å². The first-order valence-corrected chi connectivity index (χ1v) is 16.7. The lowest BCUT2D eigenvalue weighted by Crippen LogP contribution is -2.75. The minimum absolute atomic E-state index is 0.226. The summed E-state index contributed by atoms with van der Waals surface area (Å²) in [5.41, 5.74) is 7.26. The van der Waals surface area contributed by atoms with Gasteiger partial charge in [0.2, 0.25) is 0 Å². The van der Waals surface area contributed by atoms with Gasteiger partial charge < -0.3 is 19.3 Å². The van der Waals surface area contributed by atoms with Gasteiger partial charge in [0.1, 0.15) is 11.4 Å². The molecule has 0 amide bonds. The molecule has 4 atom stereocenters. The molecule has 1 spiro atoms. The number of nitrogens with zero attached hydrogens (tertiary/aromatic N) is 2. The molecule has 5 aliphatic rings. The second-order valence-electron chi connectivity index (χ2n) is 13.8. The fourth-order valence-electron chi connectivity index (χ4n) is 9.22. The van der Waals surface area contributed by atoms with Crippen molar-refractivity contribution < 1.29 is 19.3 Å². The molecule has 3 aliphatic carbocycles. The molecule has 230 valence electrons. The molecule has 1 aromatic heterocycles. The van der Waals surface area contributed by atoms with Gasteiger partial charge in [-0.05, 0) is 97.5 Å². The number of aromatic nitrogens is 1. The Morgan fingerprint density at radius 1 is 1.00 bits per heavy atom. The highest BCUT2D eigenvalue weighted by atomic mass is 16.5. The molecule has 2 aliphatic heterocycles. The van der Waals surface area contributed by atoms with Crippen molar-refractivity contribution in [2.45, 2.75) is 68.1 Å². The van der Waals surface area contributed by atoms with Crippen LogP contribution < -0.4 is 9.47 Å². The Balaban J connectivity index is 1.18. The van der Waals surface area contributed by atoms with E-state index < -0.39 is 11.0 Å². The number of hydrogen-bond donors (Lipinski definition) is 1. The van der Waals surface area contributed by atoms with Gasteiger partial charge in [-0.15, -0.1) is 0 Å². The number of phenolic OH excluding ortho intramolecular Hbond substituents is 1. The molecular formula is C39H40N2O4. The molecule has 45 heavy (non-hydrogen) atoms. The van der Waals surface area contributed by atoms with Crippen molar-refractivity contribution in [1.29, 1.82) is 0 Å². The molecule has 0 radical (unpaired) electrons. The highest BCUT2D eigenvalue weighted by Crippen LogP contribution is 2.69. The second-order valence-corrected chi connectivity index (χ2v) is 13.8. The summed E-state index contributed by atoms with van der Waals surface area (Å²) in [5, 5.41) is 11.2. The Hall–Kier alpha value is -3.87. The Morgan fingerprint density at radius 2 is 1.89 bits per heavy atom. The van der Waals surface area contributed by atoms with Crippen molar-refractivity contribution in [2.24, 2.45) is 5.92 Å². The van der Waals surface area contributed by atoms with E-state index >= 15 is 0 Å². The predicted molar refractivity (Wildman–Crippen MR) is 173 cm³/mol. The maximum Gasteiger partial charge on any atom is 0.166 e. The molecule has 1 saturated heterocycles. The van der Waals surface area contributed by atoms with E-state index in [4.69, 9.17) is 19.2 Å². The van der Waals surface area contributed by atoms with E-state index in [9.17, 15) is 5.11 Å². The summed E-state index contributed by atoms with van der Waals surface area (Å²) in [5.74, 6) is 2.50. The number of likely N-dealkylation sites (tertiary alicyclic amines) is 1. The number of aryl methyl sites for hydroxylation is 1. The van der Waals surface area contributed by atoms with Crippen LogP contribution in [0.1, 0.15) is 59.7 Å². The normalized spacial score (nSPS) is 27.4. The first-order valence-electron chi connectivity index (χ1n) is 16.7. The van der Waals surface area contributed by atoms with Crippen molar-refractivity contribution >= 4 is 0 Å². The number of benzene rings is 3. The van der Waals surface area contributed by atoms with Crippen LogP contribution in [0, 0.1) is 5.92 Å². The van der Waals surface area contributed by atoms with Crippen LogP contribution >= 0.6 is 0 Å². The molecule has 6 nitrogen and oxygen atoms in total. The van der Waals surface area contributed by atoms with Gasteiger partial charge in [0, 0.05) is 42.9 Å². The van der Waals surface area contributed by atoms with Crippen molar-refractivity contribution in [3.63, 3.8) is 0 Å². The number of rotatable bonds is 9. The van der Waals surface area contributed by atoms with Gasteiger partial charge in [0.25, 0.3) is 0 Å². The molecule has 2 fully saturated rings. The molecule has 1 saturated carbocycles. The Bertz CT molecular complexity index is 1770. The van der Waals surface area contributed by atoms with Crippen LogP contribution in [0.3, 0.4) is 0 Å². The second kappa shape index (κ2) is 10.3. The molecule has 2 bridgehead atoms. The van der Waals surface area contributed by atoms with Crippen LogP contribution in [0.25, 0.3) is 11.1 Å². The minimum atomic E-state index is -0.491. The van der Waals surface area contributed by atoms with Gasteiger partial charge in [0.05, 0.1) is 18.2 Å². The summed E-state index contributed by atoms with van der Waals surface area (Å²) in [6.07, 6.45) is 8.89. The quantitative estimate of drug-likeness (QED) is 0.213. The number of methoxy groups -OCH3 is 1. The third kappa shape index (κ3) is 4.11. The molecule has 0 unspecified atom stereocenters. The lowest BCUT2D eigenvalue weighted by molar-refractivity contribution is -0.205. The third-order valence-corrected chi connectivity index (χ3v) is 11.4. The van der Waals surface area contributed by atoms with Gasteiger partial charge in [0.15, 0.2) is 17.6 Å². The molecular weight excluding hydrogens is 560 g/mol. The lowest BCUT2D eigenvalue weighted by Gasteiger charge is -2.64. The molecule has 3 heterocycles. The van der Waals surface area contributed by atoms with E-state index in [1.54, 1.807) is 7.11 Å². The number of piperidine rings is 1. The largest absolute Gasteiger partial charge is 0.504 e. The van der Waals surface area contributed by atoms with E-state index in [0.29, 0.717) is 12.4 Å². The summed E-state index contributed by atoms with van der Waals surface area (Å²) in [7, 11) is 1.70. The third-order valence-electron chi connectivity index (χ3n) is 11.4. The summed E-state index contributed by atoms with van der Waals surface area (Å²) in [4.78, 5) is 7.92. The highest BCUT2D eigenvalue weighted by Gasteiger charge is 2.73. The van der Waals surface area contributed by atoms with Gasteiger partial charge >= 0.3 is 0 Å². The van der Waals surface area contributed by atoms with Crippen molar-refractivity contribution in [3.8, 4) is 28.4 Å². The summed E-state index contributed by atoms with van der Waals surface area (Å²) in [6, 6.07) is 25.4. The minimum Gasteiger partial charge on any atom is -0.504 e. The Morgan fingerprint density at radius 3 is 2.73 bits per heavy atom. The maximum absolute atomic E-state index is 11.2. The first-order chi connectivity index (χ1) is 22.1. The standard InChI is InChI=1S/C39H40N2O4/c1-43-31-11-5-10-27(20-31)30-19-29-22-39(44-18-6-9-25-7-3-2-4-8-25)33-21-28-14-15-32(42)36-34(28)38(39,37(45-36)35(29)40-23-30)16-17-41(33)24-26-12-13-26/h2-5,7-8,10-11,14-15,19-20,23,26,33,37,42H,6,9,12-13,16-18,21-22,24H2,1H3/t33-,37+,38+,39-/m1/s1. The van der Waals surface area contributed by atoms with E-state index in [1.165, 1.54) is 35.1 Å². The maximum atomic E-state index is 11.2. The molecule has 3 aromatic carbocycles. The Labute approximate surface area is 265 Å². The van der Waals surface area contributed by atoms with Crippen LogP contribution in [0.5, 0.6) is 17.2 Å². The summed E-state index contributed by atoms with van der Waals surface area (Å²) in [6.45, 7) is 2.83. The fourth-order valence-corrected chi connectivity index (χ4v) is 9.22. The lowest BCUT2D eigenvalue weighted by atomic mass is 9.48. The number of ether oxygens (including phenoxy) is 3. The number of phenols is 1. The Kier molecular flexibility index (Phi) is 6.30. The van der Waals surface area contributed by atoms with Crippen LogP contribution in [0.15, 0.2) is 79.0 Å². The van der Waals surface area contributed by atoms with Gasteiger partial charge in [-0.1, -0.05) is 48.5 Å². The van der Waals surface area contributed by atoms with Gasteiger partial charge in [-0.25, -0.2) is 0 Å². The smallest absolute Gasteiger partial charge is 0.166 e. The molecule has 4 aromatic rings. The zero-order valence-electron chi connectivity index (χ0n) is 25.9. The van der Waals surface area contributed by atoms with Gasteiger partial charge in [-0.2, -0.15) is 0 Å². The van der Waals surface area contributed by atoms with Crippen molar-refractivity contribution in [3.05, 3.63) is 107 Å². The van der Waals surface area contributed by atoms with Crippen LogP contribution in [0.2, 0.25) is 0 Å². The highest BCUT2D eigenvalue weighted by molar-refractivity contribution is 5.68. The van der Waals surface area contributed by atoms with Crippen LogP contribution in [0.4, 0.5) is 0 Å². The monoisotopic (exact) mass is 600 g/mol. The summed E-state index contributed by atoms with van der Waals surface area (Å²) < 4.78 is 19.9. The average Bonchev–Trinajstić information content (AvgIpc) is 3.82. The van der Waals surface area contributed by atoms with Crippen LogP contribution in [-0.4, -0.2) is 53.4 Å². The van der Waals surface area contributed by atoms with Crippen LogP contribution in [-0.2, 0) is 29.4 Å². The zero-order valence-corrected chi connectivity index (χ0v) is 25.9. The number of fused-ring (bicyclic) bond motifs is 2. The molecule has 9 rings (SSSR count). The van der Waals surface area contributed by atoms with E-state index in [0.717, 1.165) is 73.7 Å². The number of hydrogen-bond acceptors (Lipinski definition) is 6. The predicted octanol–water partition coefficient (Wildman–Crippen LogP) is 6.82. The number of pyridine rings is 1. The van der Waals surface area contributed by atoms with Crippen molar-refractivity contribution in [2.75, 3.05) is 26.8 Å². The van der Waals surface area contributed by atoms with Gasteiger partial charge in [-0.3, -0.25) is 9.88 Å². The summed E-state index contributed by atoms with van der Waals surface area (Å²) >= 11 is 0. The van der Waals surface area contributed by atoms with Crippen molar-refractivity contribution in [1.82, 2.24) is 9.88 Å². The number of aromatic hydroxyl groups is 1. The SMILES string of the molecule is COc1cccc(-c2cnc3c(c2)C[C@@]2(OCCCc4ccccc4)[C@H]4Cc5ccc(O)c6c5[C@@]2(CCN4CC2CC2)[C@H]3O6)c1. The van der Waals surface area contributed by atoms with E-state index in [2.05, 4.69) is 59.5 Å². The fraction of sp³-hybridized carbons (Fsp3) is 0.410. The average molecular weight is 601 g/mol. The molecule has 6 heteroatoms. The zero-order chi connectivity index (χ0) is 30.2. The van der Waals surface area contributed by atoms with E-state index in [1.807, 2.05) is 24.4 Å². The molecule has 1 N–H and O–H groups in total. The first kappa shape index (κ1) is 27.4.